The summed E-state index contributed by atoms with van der Waals surface area (Å²) in [7, 11) is 1.51. The third-order valence-corrected chi connectivity index (χ3v) is 2.20. The summed E-state index contributed by atoms with van der Waals surface area (Å²) in [6, 6.07) is 6.96. The molecule has 0 aliphatic carbocycles. The van der Waals surface area contributed by atoms with Gasteiger partial charge in [-0.3, -0.25) is 4.79 Å². The maximum Gasteiger partial charge on any atom is 0.162 e. The van der Waals surface area contributed by atoms with Crippen LogP contribution in [0, 0.1) is 11.3 Å². The largest absolute Gasteiger partial charge is 0.493 e. The molecule has 0 aliphatic rings. The Bertz CT molecular complexity index is 448. The number of hydrogen-bond acceptors (Lipinski definition) is 4. The smallest absolute Gasteiger partial charge is 0.162 e. The lowest BCUT2D eigenvalue weighted by molar-refractivity contribution is -0.118. The van der Waals surface area contributed by atoms with Crippen molar-refractivity contribution in [2.24, 2.45) is 0 Å². The average molecular weight is 233 g/mol. The number of nitrogens with zero attached hydrogens (tertiary/aromatic N) is 1. The molecule has 1 aromatic carbocycles. The van der Waals surface area contributed by atoms with E-state index in [4.69, 9.17) is 14.7 Å². The van der Waals surface area contributed by atoms with Crippen molar-refractivity contribution in [3.05, 3.63) is 23.8 Å². The third kappa shape index (κ3) is 3.80. The molecular formula is C13H15NO3. The minimum atomic E-state index is -0.214. The molecule has 0 radical (unpaired) electrons. The number of carbonyl (C=O) groups excluding carboxylic acids is 1. The Morgan fingerprint density at radius 2 is 2.18 bits per heavy atom. The Hall–Kier alpha value is -2.02. The van der Waals surface area contributed by atoms with Crippen molar-refractivity contribution < 1.29 is 14.3 Å². The van der Waals surface area contributed by atoms with E-state index in [2.05, 4.69) is 0 Å². The zero-order valence-corrected chi connectivity index (χ0v) is 10.2. The molecule has 0 spiro atoms. The van der Waals surface area contributed by atoms with Gasteiger partial charge < -0.3 is 9.47 Å². The molecule has 1 aromatic rings. The van der Waals surface area contributed by atoms with Gasteiger partial charge in [0.2, 0.25) is 0 Å². The quantitative estimate of drug-likeness (QED) is 0.783. The van der Waals surface area contributed by atoms with Crippen LogP contribution < -0.4 is 9.47 Å². The van der Waals surface area contributed by atoms with E-state index in [1.807, 2.05) is 13.0 Å². The maximum atomic E-state index is 10.9. The van der Waals surface area contributed by atoms with Crippen LogP contribution in [0.2, 0.25) is 0 Å². The van der Waals surface area contributed by atoms with Gasteiger partial charge in [0.1, 0.15) is 11.9 Å². The molecule has 0 saturated heterocycles. The predicted molar refractivity (Wildman–Crippen MR) is 63.1 cm³/mol. The van der Waals surface area contributed by atoms with E-state index in [0.717, 1.165) is 0 Å². The second kappa shape index (κ2) is 5.90. The van der Waals surface area contributed by atoms with Crippen LogP contribution in [0.1, 0.15) is 25.8 Å². The Morgan fingerprint density at radius 3 is 2.71 bits per heavy atom. The van der Waals surface area contributed by atoms with Crippen molar-refractivity contribution in [1.82, 2.24) is 0 Å². The lowest BCUT2D eigenvalue weighted by atomic mass is 10.2. The van der Waals surface area contributed by atoms with E-state index in [9.17, 15) is 4.79 Å². The van der Waals surface area contributed by atoms with Gasteiger partial charge in [-0.1, -0.05) is 0 Å². The Balaban J connectivity index is 2.84. The molecule has 0 aliphatic heterocycles. The van der Waals surface area contributed by atoms with E-state index >= 15 is 0 Å². The highest BCUT2D eigenvalue weighted by Crippen LogP contribution is 2.29. The third-order valence-electron chi connectivity index (χ3n) is 2.20. The van der Waals surface area contributed by atoms with Crippen LogP contribution in [0.25, 0.3) is 0 Å². The van der Waals surface area contributed by atoms with Gasteiger partial charge in [0.15, 0.2) is 11.5 Å². The number of ketones is 1. The minimum Gasteiger partial charge on any atom is -0.493 e. The van der Waals surface area contributed by atoms with Gasteiger partial charge in [-0.15, -0.1) is 0 Å². The van der Waals surface area contributed by atoms with Crippen LogP contribution in [0.5, 0.6) is 11.5 Å². The first-order chi connectivity index (χ1) is 8.06. The summed E-state index contributed by atoms with van der Waals surface area (Å²) >= 11 is 0. The number of ether oxygens (including phenoxy) is 2. The summed E-state index contributed by atoms with van der Waals surface area (Å²) in [5, 5.41) is 8.76. The van der Waals surface area contributed by atoms with Crippen molar-refractivity contribution in [3.8, 4) is 17.6 Å². The summed E-state index contributed by atoms with van der Waals surface area (Å²) in [5.74, 6) is 1.12. The van der Waals surface area contributed by atoms with Crippen LogP contribution in [0.4, 0.5) is 0 Å². The minimum absolute atomic E-state index is 0.0742. The van der Waals surface area contributed by atoms with Gasteiger partial charge in [-0.25, -0.2) is 0 Å². The second-order valence-corrected chi connectivity index (χ2v) is 3.81. The molecule has 0 heterocycles. The molecule has 1 rings (SSSR count). The lowest BCUT2D eigenvalue weighted by Crippen LogP contribution is -2.15. The standard InChI is InChI=1S/C13H15NO3/c1-9(15)6-10(2)17-12-5-4-11(8-14)7-13(12)16-3/h4-5,7,10H,6H2,1-3H3. The topological polar surface area (TPSA) is 59.3 Å². The number of carbonyl (C=O) groups is 1. The SMILES string of the molecule is COc1cc(C#N)ccc1OC(C)CC(C)=O. The van der Waals surface area contributed by atoms with Crippen LogP contribution in [-0.4, -0.2) is 19.0 Å². The molecule has 0 amide bonds. The first-order valence-electron chi connectivity index (χ1n) is 5.31. The molecule has 17 heavy (non-hydrogen) atoms. The fraction of sp³-hybridized carbons (Fsp3) is 0.385. The molecular weight excluding hydrogens is 218 g/mol. The molecule has 0 bridgehead atoms. The van der Waals surface area contributed by atoms with Crippen molar-refractivity contribution in [2.45, 2.75) is 26.4 Å². The van der Waals surface area contributed by atoms with Gasteiger partial charge in [-0.2, -0.15) is 5.26 Å². The Kier molecular flexibility index (Phi) is 4.53. The maximum absolute atomic E-state index is 10.9. The number of nitriles is 1. The van der Waals surface area contributed by atoms with Crippen molar-refractivity contribution in [3.63, 3.8) is 0 Å². The monoisotopic (exact) mass is 233 g/mol. The van der Waals surface area contributed by atoms with Crippen LogP contribution in [0.15, 0.2) is 18.2 Å². The Morgan fingerprint density at radius 1 is 1.47 bits per heavy atom. The lowest BCUT2D eigenvalue weighted by Gasteiger charge is -2.15. The summed E-state index contributed by atoms with van der Waals surface area (Å²) in [6.07, 6.45) is 0.137. The normalized spacial score (nSPS) is 11.4. The van der Waals surface area contributed by atoms with E-state index < -0.39 is 0 Å². The molecule has 1 unspecified atom stereocenters. The van der Waals surface area contributed by atoms with Gasteiger partial charge >= 0.3 is 0 Å². The second-order valence-electron chi connectivity index (χ2n) is 3.81. The van der Waals surface area contributed by atoms with Gasteiger partial charge in [0.05, 0.1) is 18.7 Å². The summed E-state index contributed by atoms with van der Waals surface area (Å²) in [6.45, 7) is 3.34. The highest BCUT2D eigenvalue weighted by Gasteiger charge is 2.11. The summed E-state index contributed by atoms with van der Waals surface area (Å²) in [5.41, 5.74) is 0.508. The highest BCUT2D eigenvalue weighted by molar-refractivity contribution is 5.75. The number of Topliss-reactive ketones (excluding diaryl/α,β-unsaturated/α-hetero) is 1. The molecule has 0 aromatic heterocycles. The first kappa shape index (κ1) is 13.0. The van der Waals surface area contributed by atoms with Crippen LogP contribution >= 0.6 is 0 Å². The number of methoxy groups -OCH3 is 1. The van der Waals surface area contributed by atoms with E-state index in [1.54, 1.807) is 18.2 Å². The summed E-state index contributed by atoms with van der Waals surface area (Å²) in [4.78, 5) is 10.9. The van der Waals surface area contributed by atoms with E-state index in [0.29, 0.717) is 23.5 Å². The van der Waals surface area contributed by atoms with E-state index in [1.165, 1.54) is 14.0 Å². The van der Waals surface area contributed by atoms with Gasteiger partial charge in [0.25, 0.3) is 0 Å². The molecule has 4 nitrogen and oxygen atoms in total. The fourth-order valence-corrected chi connectivity index (χ4v) is 1.50. The van der Waals surface area contributed by atoms with Crippen molar-refractivity contribution in [2.75, 3.05) is 7.11 Å². The molecule has 1 atom stereocenters. The summed E-state index contributed by atoms with van der Waals surface area (Å²) < 4.78 is 10.7. The predicted octanol–water partition coefficient (Wildman–Crippen LogP) is 2.31. The van der Waals surface area contributed by atoms with Crippen molar-refractivity contribution in [1.29, 1.82) is 5.26 Å². The number of hydrogen-bond donors (Lipinski definition) is 0. The van der Waals surface area contributed by atoms with Gasteiger partial charge in [0, 0.05) is 12.5 Å². The van der Waals surface area contributed by atoms with E-state index in [-0.39, 0.29) is 11.9 Å². The van der Waals surface area contributed by atoms with Gasteiger partial charge in [-0.05, 0) is 26.0 Å². The molecule has 4 heteroatoms. The molecule has 90 valence electrons. The molecule has 0 N–H and O–H groups in total. The fourth-order valence-electron chi connectivity index (χ4n) is 1.50. The van der Waals surface area contributed by atoms with Crippen LogP contribution in [0.3, 0.4) is 0 Å². The van der Waals surface area contributed by atoms with Crippen molar-refractivity contribution >= 4 is 5.78 Å². The zero-order valence-electron chi connectivity index (χ0n) is 10.2. The molecule has 0 saturated carbocycles. The number of benzene rings is 1. The number of rotatable bonds is 5. The average Bonchev–Trinajstić information content (AvgIpc) is 2.28. The molecule has 0 fully saturated rings. The zero-order chi connectivity index (χ0) is 12.8. The first-order valence-corrected chi connectivity index (χ1v) is 5.31. The van der Waals surface area contributed by atoms with Crippen LogP contribution in [-0.2, 0) is 4.79 Å². The highest BCUT2D eigenvalue weighted by atomic mass is 16.5. The Labute approximate surface area is 101 Å².